The summed E-state index contributed by atoms with van der Waals surface area (Å²) in [6.07, 6.45) is -2.19. The number of aromatic nitrogens is 3. The van der Waals surface area contributed by atoms with Crippen LogP contribution in [0.5, 0.6) is 5.75 Å². The van der Waals surface area contributed by atoms with Crippen LogP contribution in [0.25, 0.3) is 5.69 Å². The molecule has 9 nitrogen and oxygen atoms in total. The van der Waals surface area contributed by atoms with Gasteiger partial charge in [-0.2, -0.15) is 18.3 Å². The van der Waals surface area contributed by atoms with Crippen molar-refractivity contribution in [2.24, 2.45) is 0 Å². The van der Waals surface area contributed by atoms with Gasteiger partial charge in [0.1, 0.15) is 12.7 Å². The van der Waals surface area contributed by atoms with Crippen molar-refractivity contribution >= 4 is 17.3 Å². The topological polar surface area (TPSA) is 112 Å². The number of para-hydroxylation sites is 2. The quantitative estimate of drug-likeness (QED) is 0.496. The number of carbonyl (C=O) groups is 1. The van der Waals surface area contributed by atoms with Gasteiger partial charge in [0, 0.05) is 6.07 Å². The van der Waals surface area contributed by atoms with Gasteiger partial charge in [0.2, 0.25) is 0 Å². The monoisotopic (exact) mass is 407 g/mol. The molecule has 1 amide bonds. The highest BCUT2D eigenvalue weighted by molar-refractivity contribution is 5.94. The molecule has 3 aromatic rings. The standard InChI is InChI=1S/C17H12F3N5O4/c18-17(19,20)11-5-6-13(24-10-21-9-22-24)12(7-11)23-16(26)8-29-15-4-2-1-3-14(15)25(27)28/h1-7,9-10H,8H2,(H,23,26). The Kier molecular flexibility index (Phi) is 5.43. The molecule has 150 valence electrons. The fourth-order valence-electron chi connectivity index (χ4n) is 2.40. The van der Waals surface area contributed by atoms with E-state index < -0.39 is 29.2 Å². The van der Waals surface area contributed by atoms with E-state index >= 15 is 0 Å². The summed E-state index contributed by atoms with van der Waals surface area (Å²) >= 11 is 0. The van der Waals surface area contributed by atoms with Crippen LogP contribution in [-0.2, 0) is 11.0 Å². The molecule has 0 aliphatic carbocycles. The number of benzene rings is 2. The molecule has 0 saturated heterocycles. The van der Waals surface area contributed by atoms with Gasteiger partial charge >= 0.3 is 11.9 Å². The summed E-state index contributed by atoms with van der Waals surface area (Å²) in [6, 6.07) is 8.14. The molecule has 0 fully saturated rings. The number of anilines is 1. The van der Waals surface area contributed by atoms with E-state index in [4.69, 9.17) is 4.74 Å². The van der Waals surface area contributed by atoms with E-state index in [9.17, 15) is 28.1 Å². The van der Waals surface area contributed by atoms with Crippen molar-refractivity contribution in [3.05, 3.63) is 70.8 Å². The number of ether oxygens (including phenoxy) is 1. The van der Waals surface area contributed by atoms with Gasteiger partial charge in [-0.15, -0.1) is 0 Å². The predicted octanol–water partition coefficient (Wildman–Crippen LogP) is 3.21. The number of hydrogen-bond acceptors (Lipinski definition) is 6. The van der Waals surface area contributed by atoms with Crippen molar-refractivity contribution in [1.82, 2.24) is 14.8 Å². The lowest BCUT2D eigenvalue weighted by Gasteiger charge is -2.14. The van der Waals surface area contributed by atoms with E-state index in [1.165, 1.54) is 41.6 Å². The molecule has 0 bridgehead atoms. The van der Waals surface area contributed by atoms with E-state index in [1.54, 1.807) is 0 Å². The Morgan fingerprint density at radius 2 is 2.00 bits per heavy atom. The number of halogens is 3. The summed E-state index contributed by atoms with van der Waals surface area (Å²) in [5, 5.41) is 17.1. The van der Waals surface area contributed by atoms with Gasteiger partial charge in [-0.1, -0.05) is 12.1 Å². The highest BCUT2D eigenvalue weighted by Gasteiger charge is 2.31. The van der Waals surface area contributed by atoms with Crippen molar-refractivity contribution in [2.45, 2.75) is 6.18 Å². The number of hydrogen-bond donors (Lipinski definition) is 1. The molecule has 0 radical (unpaired) electrons. The number of carbonyl (C=O) groups excluding carboxylic acids is 1. The lowest BCUT2D eigenvalue weighted by molar-refractivity contribution is -0.385. The molecule has 1 aromatic heterocycles. The smallest absolute Gasteiger partial charge is 0.416 e. The number of nitrogens with one attached hydrogen (secondary N) is 1. The first-order valence-corrected chi connectivity index (χ1v) is 7.98. The number of nitro groups is 1. The largest absolute Gasteiger partial charge is 0.477 e. The Morgan fingerprint density at radius 3 is 2.66 bits per heavy atom. The van der Waals surface area contributed by atoms with Crippen LogP contribution in [0.4, 0.5) is 24.5 Å². The first-order chi connectivity index (χ1) is 13.8. The third-order valence-corrected chi connectivity index (χ3v) is 3.68. The third kappa shape index (κ3) is 4.66. The molecule has 0 aliphatic rings. The Bertz CT molecular complexity index is 1040. The minimum absolute atomic E-state index is 0.145. The van der Waals surface area contributed by atoms with Crippen LogP contribution in [-0.4, -0.2) is 32.2 Å². The van der Waals surface area contributed by atoms with Crippen LogP contribution in [0, 0.1) is 10.1 Å². The van der Waals surface area contributed by atoms with Gasteiger partial charge in [0.15, 0.2) is 12.4 Å². The Morgan fingerprint density at radius 1 is 1.24 bits per heavy atom. The Balaban J connectivity index is 1.81. The maximum Gasteiger partial charge on any atom is 0.416 e. The normalized spacial score (nSPS) is 11.1. The number of amides is 1. The van der Waals surface area contributed by atoms with Crippen LogP contribution in [0.15, 0.2) is 55.1 Å². The van der Waals surface area contributed by atoms with Crippen LogP contribution in [0.3, 0.4) is 0 Å². The van der Waals surface area contributed by atoms with E-state index in [2.05, 4.69) is 15.4 Å². The molecular weight excluding hydrogens is 395 g/mol. The fraction of sp³-hybridized carbons (Fsp3) is 0.118. The second-order valence-electron chi connectivity index (χ2n) is 5.63. The zero-order valence-corrected chi connectivity index (χ0v) is 14.5. The van der Waals surface area contributed by atoms with Crippen LogP contribution < -0.4 is 10.1 Å². The van der Waals surface area contributed by atoms with Gasteiger partial charge in [0.25, 0.3) is 5.91 Å². The third-order valence-electron chi connectivity index (χ3n) is 3.68. The molecule has 0 aliphatic heterocycles. The minimum Gasteiger partial charge on any atom is -0.477 e. The molecule has 3 rings (SSSR count). The first kappa shape index (κ1) is 19.8. The number of rotatable bonds is 6. The zero-order chi connectivity index (χ0) is 21.0. The van der Waals surface area contributed by atoms with E-state index in [1.807, 2.05) is 0 Å². The van der Waals surface area contributed by atoms with E-state index in [0.717, 1.165) is 18.2 Å². The van der Waals surface area contributed by atoms with E-state index in [-0.39, 0.29) is 22.8 Å². The van der Waals surface area contributed by atoms with Crippen molar-refractivity contribution in [2.75, 3.05) is 11.9 Å². The Labute approximate surface area is 160 Å². The molecule has 12 heteroatoms. The fourth-order valence-corrected chi connectivity index (χ4v) is 2.40. The molecular formula is C17H12F3N5O4. The average Bonchev–Trinajstić information content (AvgIpc) is 3.20. The van der Waals surface area contributed by atoms with Crippen LogP contribution in [0.2, 0.25) is 0 Å². The van der Waals surface area contributed by atoms with Crippen molar-refractivity contribution < 1.29 is 27.6 Å². The van der Waals surface area contributed by atoms with E-state index in [0.29, 0.717) is 0 Å². The van der Waals surface area contributed by atoms with Gasteiger partial charge in [0.05, 0.1) is 21.9 Å². The summed E-state index contributed by atoms with van der Waals surface area (Å²) in [6.45, 7) is -0.655. The number of nitro benzene ring substituents is 1. The molecule has 0 atom stereocenters. The highest BCUT2D eigenvalue weighted by atomic mass is 19.4. The molecule has 29 heavy (non-hydrogen) atoms. The number of alkyl halides is 3. The van der Waals surface area contributed by atoms with Crippen LogP contribution in [0.1, 0.15) is 5.56 Å². The number of nitrogens with zero attached hydrogens (tertiary/aromatic N) is 4. The lowest BCUT2D eigenvalue weighted by Crippen LogP contribution is -2.22. The van der Waals surface area contributed by atoms with Crippen molar-refractivity contribution in [1.29, 1.82) is 0 Å². The maximum atomic E-state index is 13.0. The molecule has 0 unspecified atom stereocenters. The highest BCUT2D eigenvalue weighted by Crippen LogP contribution is 2.33. The molecule has 1 heterocycles. The summed E-state index contributed by atoms with van der Waals surface area (Å²) < 4.78 is 45.4. The first-order valence-electron chi connectivity index (χ1n) is 7.98. The zero-order valence-electron chi connectivity index (χ0n) is 14.5. The van der Waals surface area contributed by atoms with Gasteiger partial charge in [-0.3, -0.25) is 14.9 Å². The maximum absolute atomic E-state index is 13.0. The molecule has 0 saturated carbocycles. The summed E-state index contributed by atoms with van der Waals surface area (Å²) in [5.74, 6) is -0.961. The van der Waals surface area contributed by atoms with Gasteiger partial charge in [-0.25, -0.2) is 9.67 Å². The van der Waals surface area contributed by atoms with Crippen LogP contribution >= 0.6 is 0 Å². The summed E-state index contributed by atoms with van der Waals surface area (Å²) in [5.41, 5.74) is -1.35. The minimum atomic E-state index is -4.62. The summed E-state index contributed by atoms with van der Waals surface area (Å²) in [7, 11) is 0. The van der Waals surface area contributed by atoms with Gasteiger partial charge < -0.3 is 10.1 Å². The SMILES string of the molecule is O=C(COc1ccccc1[N+](=O)[O-])Nc1cc(C(F)(F)F)ccc1-n1cncn1. The average molecular weight is 407 g/mol. The molecule has 2 aromatic carbocycles. The predicted molar refractivity (Wildman–Crippen MR) is 93.6 cm³/mol. The lowest BCUT2D eigenvalue weighted by atomic mass is 10.1. The van der Waals surface area contributed by atoms with Crippen molar-refractivity contribution in [3.63, 3.8) is 0 Å². The summed E-state index contributed by atoms with van der Waals surface area (Å²) in [4.78, 5) is 26.2. The second-order valence-corrected chi connectivity index (χ2v) is 5.63. The second kappa shape index (κ2) is 7.96. The molecule has 1 N–H and O–H groups in total. The molecule has 0 spiro atoms. The Hall–Kier alpha value is -3.96. The van der Waals surface area contributed by atoms with Gasteiger partial charge in [-0.05, 0) is 24.3 Å². The van der Waals surface area contributed by atoms with Crippen molar-refractivity contribution in [3.8, 4) is 11.4 Å².